The summed E-state index contributed by atoms with van der Waals surface area (Å²) >= 11 is 0. The van der Waals surface area contributed by atoms with Gasteiger partial charge in [-0.2, -0.15) is 0 Å². The van der Waals surface area contributed by atoms with Gasteiger partial charge in [-0.15, -0.1) is 0 Å². The van der Waals surface area contributed by atoms with Crippen LogP contribution in [0.2, 0.25) is 0 Å². The summed E-state index contributed by atoms with van der Waals surface area (Å²) in [4.78, 5) is 41.7. The molecule has 12 nitrogen and oxygen atoms in total. The molecule has 0 saturated carbocycles. The van der Waals surface area contributed by atoms with Crippen LogP contribution in [0, 0.1) is 0 Å². The summed E-state index contributed by atoms with van der Waals surface area (Å²) in [6.07, 6.45) is -7.48. The van der Waals surface area contributed by atoms with Crippen LogP contribution in [0.1, 0.15) is 0 Å². The predicted octanol–water partition coefficient (Wildman–Crippen LogP) is -2.80. The molecular weight excluding hydrogens is 272 g/mol. The van der Waals surface area contributed by atoms with Crippen LogP contribution in [-0.4, -0.2) is 63.8 Å². The van der Waals surface area contributed by atoms with Crippen molar-refractivity contribution in [1.29, 1.82) is 0 Å². The number of aliphatic carboxylic acids is 2. The lowest BCUT2D eigenvalue weighted by molar-refractivity contribution is -0.166. The minimum absolute atomic E-state index is 0.629. The number of ether oxygens (including phenoxy) is 2. The third-order valence-electron chi connectivity index (χ3n) is 1.33. The lowest BCUT2D eigenvalue weighted by Gasteiger charge is -2.11. The van der Waals surface area contributed by atoms with Crippen LogP contribution < -0.4 is 10.6 Å². The average Bonchev–Trinajstić information content (AvgIpc) is 2.28. The molecule has 19 heavy (non-hydrogen) atoms. The van der Waals surface area contributed by atoms with Gasteiger partial charge in [-0.25, -0.2) is 19.2 Å². The number of rotatable bonds is 6. The van der Waals surface area contributed by atoms with Gasteiger partial charge in [0.1, 0.15) is 0 Å². The highest BCUT2D eigenvalue weighted by atomic mass is 16.7. The number of carboxylic acid groups (broad SMARTS) is 2. The Balaban J connectivity index is 3.85. The van der Waals surface area contributed by atoms with Crippen LogP contribution in [0.3, 0.4) is 0 Å². The van der Waals surface area contributed by atoms with Crippen LogP contribution in [-0.2, 0) is 19.1 Å². The van der Waals surface area contributed by atoms with Crippen molar-refractivity contribution in [3.05, 3.63) is 0 Å². The average molecular weight is 282 g/mol. The van der Waals surface area contributed by atoms with Crippen molar-refractivity contribution in [3.63, 3.8) is 0 Å². The first-order valence-electron chi connectivity index (χ1n) is 4.44. The molecule has 0 aliphatic heterocycles. The minimum atomic E-state index is -2.37. The fourth-order valence-corrected chi connectivity index (χ4v) is 0.575. The van der Waals surface area contributed by atoms with E-state index in [1.54, 1.807) is 10.6 Å². The third kappa shape index (κ3) is 7.35. The van der Waals surface area contributed by atoms with Gasteiger partial charge >= 0.3 is 36.7 Å². The molecule has 108 valence electrons. The van der Waals surface area contributed by atoms with Crippen LogP contribution in [0.25, 0.3) is 0 Å². The van der Waals surface area contributed by atoms with Crippen LogP contribution in [0.5, 0.6) is 0 Å². The highest BCUT2D eigenvalue weighted by Crippen LogP contribution is 1.88. The lowest BCUT2D eigenvalue weighted by atomic mass is 10.6. The number of alkyl carbamates (subject to hydrolysis) is 2. The molecule has 0 aliphatic carbocycles. The molecule has 0 aromatic heterocycles. The summed E-state index contributed by atoms with van der Waals surface area (Å²) in [5.74, 6) is -3.60. The van der Waals surface area contributed by atoms with Gasteiger partial charge in [0.2, 0.25) is 0 Å². The van der Waals surface area contributed by atoms with Gasteiger partial charge in [0.05, 0.1) is 6.67 Å². The SMILES string of the molecule is O=C(NCNC(=O)OC(O)C(=O)O)OC(O)C(=O)O. The van der Waals surface area contributed by atoms with E-state index in [0.29, 0.717) is 0 Å². The van der Waals surface area contributed by atoms with E-state index in [4.69, 9.17) is 20.4 Å². The zero-order chi connectivity index (χ0) is 15.0. The highest BCUT2D eigenvalue weighted by molar-refractivity contribution is 5.77. The van der Waals surface area contributed by atoms with E-state index in [2.05, 4.69) is 9.47 Å². The lowest BCUT2D eigenvalue weighted by Crippen LogP contribution is -2.41. The van der Waals surface area contributed by atoms with Crippen molar-refractivity contribution in [1.82, 2.24) is 10.6 Å². The summed E-state index contributed by atoms with van der Waals surface area (Å²) < 4.78 is 7.77. The van der Waals surface area contributed by atoms with Crippen molar-refractivity contribution >= 4 is 24.1 Å². The van der Waals surface area contributed by atoms with Crippen LogP contribution in [0.4, 0.5) is 9.59 Å². The molecule has 0 aromatic rings. The quantitative estimate of drug-likeness (QED) is 0.277. The number of carboxylic acids is 2. The zero-order valence-corrected chi connectivity index (χ0v) is 9.10. The molecule has 0 radical (unpaired) electrons. The van der Waals surface area contributed by atoms with Crippen molar-refractivity contribution in [2.45, 2.75) is 12.6 Å². The van der Waals surface area contributed by atoms with E-state index >= 15 is 0 Å². The monoisotopic (exact) mass is 282 g/mol. The standard InChI is InChI=1S/C7H10N2O10/c10-2(11)4(14)18-6(16)8-1-9-7(17)19-5(15)3(12)13/h4-5,14-15H,1H2,(H,8,16)(H,9,17)(H,10,11)(H,12,13). The number of amides is 2. The second kappa shape index (κ2) is 7.67. The number of hydrogen-bond acceptors (Lipinski definition) is 8. The Labute approximate surface area is 104 Å². The first kappa shape index (κ1) is 16.4. The van der Waals surface area contributed by atoms with E-state index in [-0.39, 0.29) is 0 Å². The van der Waals surface area contributed by atoms with E-state index < -0.39 is 43.4 Å². The number of nitrogens with one attached hydrogen (secondary N) is 2. The molecular formula is C7H10N2O10. The number of hydrogen-bond donors (Lipinski definition) is 6. The van der Waals surface area contributed by atoms with E-state index in [0.717, 1.165) is 0 Å². The number of aliphatic hydroxyl groups excluding tert-OH is 2. The van der Waals surface area contributed by atoms with Crippen molar-refractivity contribution in [2.24, 2.45) is 0 Å². The molecule has 0 bridgehead atoms. The van der Waals surface area contributed by atoms with Gasteiger partial charge in [0.15, 0.2) is 0 Å². The largest absolute Gasteiger partial charge is 0.477 e. The van der Waals surface area contributed by atoms with Gasteiger partial charge in [-0.05, 0) is 0 Å². The molecule has 0 heterocycles. The summed E-state index contributed by atoms with van der Waals surface area (Å²) in [5.41, 5.74) is 0. The minimum Gasteiger partial charge on any atom is -0.477 e. The Morgan fingerprint density at radius 2 is 1.16 bits per heavy atom. The van der Waals surface area contributed by atoms with E-state index in [9.17, 15) is 19.2 Å². The molecule has 2 amide bonds. The molecule has 0 fully saturated rings. The first-order valence-corrected chi connectivity index (χ1v) is 4.44. The molecule has 0 aliphatic rings. The van der Waals surface area contributed by atoms with Crippen molar-refractivity contribution in [3.8, 4) is 0 Å². The van der Waals surface area contributed by atoms with Gasteiger partial charge in [-0.1, -0.05) is 0 Å². The number of carbonyl (C=O) groups excluding carboxylic acids is 2. The Kier molecular flexibility index (Phi) is 6.62. The summed E-state index contributed by atoms with van der Waals surface area (Å²) in [6, 6.07) is 0. The molecule has 2 atom stereocenters. The first-order chi connectivity index (χ1) is 8.73. The maximum absolute atomic E-state index is 10.8. The fraction of sp³-hybridized carbons (Fsp3) is 0.429. The molecule has 2 unspecified atom stereocenters. The third-order valence-corrected chi connectivity index (χ3v) is 1.33. The Morgan fingerprint density at radius 3 is 1.42 bits per heavy atom. The number of aliphatic hydroxyl groups is 2. The number of carbonyl (C=O) groups is 4. The molecule has 0 spiro atoms. The van der Waals surface area contributed by atoms with Gasteiger partial charge in [0, 0.05) is 0 Å². The maximum atomic E-state index is 10.8. The molecule has 0 rings (SSSR count). The molecule has 0 saturated heterocycles. The Bertz CT molecular complexity index is 335. The zero-order valence-electron chi connectivity index (χ0n) is 9.10. The Hall–Kier alpha value is -2.60. The van der Waals surface area contributed by atoms with Gasteiger partial charge in [-0.3, -0.25) is 0 Å². The second-order valence-corrected chi connectivity index (χ2v) is 2.72. The normalized spacial score (nSPS) is 12.7. The maximum Gasteiger partial charge on any atom is 0.411 e. The van der Waals surface area contributed by atoms with Crippen LogP contribution >= 0.6 is 0 Å². The van der Waals surface area contributed by atoms with Gasteiger partial charge < -0.3 is 40.5 Å². The highest BCUT2D eigenvalue weighted by Gasteiger charge is 2.19. The molecule has 6 N–H and O–H groups in total. The summed E-state index contributed by atoms with van der Waals surface area (Å²) in [5, 5.41) is 37.1. The Morgan fingerprint density at radius 1 is 0.842 bits per heavy atom. The van der Waals surface area contributed by atoms with E-state index in [1.165, 1.54) is 0 Å². The molecule has 0 aromatic carbocycles. The molecule has 12 heteroatoms. The van der Waals surface area contributed by atoms with E-state index in [1.807, 2.05) is 0 Å². The smallest absolute Gasteiger partial charge is 0.411 e. The summed E-state index contributed by atoms with van der Waals surface area (Å²) in [7, 11) is 0. The summed E-state index contributed by atoms with van der Waals surface area (Å²) in [6.45, 7) is -0.629. The second-order valence-electron chi connectivity index (χ2n) is 2.72. The van der Waals surface area contributed by atoms with Crippen molar-refractivity contribution < 1.29 is 49.1 Å². The fourth-order valence-electron chi connectivity index (χ4n) is 0.575. The predicted molar refractivity (Wildman–Crippen MR) is 51.4 cm³/mol. The van der Waals surface area contributed by atoms with Crippen LogP contribution in [0.15, 0.2) is 0 Å². The van der Waals surface area contributed by atoms with Gasteiger partial charge in [0.25, 0.3) is 0 Å². The van der Waals surface area contributed by atoms with Crippen molar-refractivity contribution in [2.75, 3.05) is 6.67 Å². The topological polar surface area (TPSA) is 192 Å².